The van der Waals surface area contributed by atoms with Crippen LogP contribution in [0.15, 0.2) is 54.6 Å². The summed E-state index contributed by atoms with van der Waals surface area (Å²) in [6.07, 6.45) is 0.862. The maximum atomic E-state index is 4.14. The van der Waals surface area contributed by atoms with Gasteiger partial charge in [-0.15, -0.1) is 0 Å². The third-order valence-corrected chi connectivity index (χ3v) is 3.57. The molecule has 0 heterocycles. The third kappa shape index (κ3) is 2.26. The number of hydrogen-bond donors (Lipinski definition) is 0. The van der Waals surface area contributed by atoms with E-state index >= 15 is 0 Å². The van der Waals surface area contributed by atoms with Crippen LogP contribution in [-0.2, 0) is 5.41 Å². The van der Waals surface area contributed by atoms with Crippen molar-refractivity contribution in [2.24, 2.45) is 0 Å². The zero-order valence-corrected chi connectivity index (χ0v) is 10.6. The molecule has 17 heavy (non-hydrogen) atoms. The smallest absolute Gasteiger partial charge is 0.0174 e. The molecule has 1 radical (unpaired) electrons. The van der Waals surface area contributed by atoms with E-state index in [4.69, 9.17) is 0 Å². The minimum atomic E-state index is 0.00722. The van der Waals surface area contributed by atoms with E-state index < -0.39 is 0 Å². The summed E-state index contributed by atoms with van der Waals surface area (Å²) >= 11 is 0. The van der Waals surface area contributed by atoms with Crippen molar-refractivity contribution in [2.45, 2.75) is 25.7 Å². The highest BCUT2D eigenvalue weighted by Gasteiger charge is 2.26. The van der Waals surface area contributed by atoms with Crippen molar-refractivity contribution in [3.63, 3.8) is 0 Å². The highest BCUT2D eigenvalue weighted by Crippen LogP contribution is 2.35. The lowest BCUT2D eigenvalue weighted by Crippen LogP contribution is -2.22. The lowest BCUT2D eigenvalue weighted by molar-refractivity contribution is 0.578. The molecule has 0 N–H and O–H groups in total. The van der Waals surface area contributed by atoms with Crippen LogP contribution < -0.4 is 0 Å². The second-order valence-corrected chi connectivity index (χ2v) is 4.82. The van der Waals surface area contributed by atoms with E-state index in [2.05, 4.69) is 75.4 Å². The van der Waals surface area contributed by atoms with Crippen LogP contribution >= 0.6 is 0 Å². The van der Waals surface area contributed by atoms with Gasteiger partial charge in [0, 0.05) is 5.41 Å². The second-order valence-electron chi connectivity index (χ2n) is 4.82. The molecule has 1 unspecified atom stereocenters. The summed E-state index contributed by atoms with van der Waals surface area (Å²) in [6, 6.07) is 19.4. The first-order chi connectivity index (χ1) is 8.16. The Labute approximate surface area is 104 Å². The summed E-state index contributed by atoms with van der Waals surface area (Å²) in [5, 5.41) is 0. The quantitative estimate of drug-likeness (QED) is 0.717. The van der Waals surface area contributed by atoms with E-state index in [1.54, 1.807) is 0 Å². The zero-order valence-electron chi connectivity index (χ0n) is 10.6. The van der Waals surface area contributed by atoms with Crippen molar-refractivity contribution in [3.8, 4) is 0 Å². The average Bonchev–Trinajstić information content (AvgIpc) is 2.39. The predicted molar refractivity (Wildman–Crippen MR) is 74.0 cm³/mol. The maximum Gasteiger partial charge on any atom is 0.0174 e. The molecule has 0 nitrogen and oxygen atoms in total. The fourth-order valence-electron chi connectivity index (χ4n) is 2.25. The highest BCUT2D eigenvalue weighted by atomic mass is 14.3. The molecule has 0 amide bonds. The first-order valence-corrected chi connectivity index (χ1v) is 6.09. The molecule has 2 rings (SSSR count). The van der Waals surface area contributed by atoms with Gasteiger partial charge in [-0.1, -0.05) is 74.0 Å². The monoisotopic (exact) mass is 223 g/mol. The first kappa shape index (κ1) is 11.9. The van der Waals surface area contributed by atoms with Gasteiger partial charge in [0.05, 0.1) is 0 Å². The molecule has 0 aliphatic carbocycles. The predicted octanol–water partition coefficient (Wildman–Crippen LogP) is 4.53. The number of hydrogen-bond acceptors (Lipinski definition) is 0. The number of aryl methyl sites for hydroxylation is 1. The Morgan fingerprint density at radius 1 is 0.941 bits per heavy atom. The van der Waals surface area contributed by atoms with E-state index in [0.29, 0.717) is 0 Å². The van der Waals surface area contributed by atoms with E-state index in [-0.39, 0.29) is 5.41 Å². The van der Waals surface area contributed by atoms with Gasteiger partial charge in [0.1, 0.15) is 0 Å². The molecule has 0 aromatic heterocycles. The standard InChI is InChI=1S/C17H19/c1-4-17(3,15-10-6-5-7-11-15)16-12-8-9-14(2)13-16/h5-13H,1,4H2,2-3H3. The van der Waals surface area contributed by atoms with Crippen LogP contribution in [0.2, 0.25) is 0 Å². The fraction of sp³-hybridized carbons (Fsp3) is 0.235. The van der Waals surface area contributed by atoms with Crippen molar-refractivity contribution in [3.05, 3.63) is 78.2 Å². The maximum absolute atomic E-state index is 4.14. The second kappa shape index (κ2) is 4.75. The summed E-state index contributed by atoms with van der Waals surface area (Å²) in [4.78, 5) is 0. The molecule has 0 aliphatic heterocycles. The Hall–Kier alpha value is -1.56. The van der Waals surface area contributed by atoms with Gasteiger partial charge in [0.15, 0.2) is 0 Å². The number of rotatable bonds is 3. The summed E-state index contributed by atoms with van der Waals surface area (Å²) in [7, 11) is 0. The molecule has 87 valence electrons. The van der Waals surface area contributed by atoms with Gasteiger partial charge in [-0.3, -0.25) is 0 Å². The normalized spacial score (nSPS) is 14.3. The SMILES string of the molecule is [CH2]CC(C)(c1ccccc1)c1cccc(C)c1. The molecule has 0 saturated heterocycles. The summed E-state index contributed by atoms with van der Waals surface area (Å²) in [6.45, 7) is 8.55. The molecule has 2 aromatic carbocycles. The van der Waals surface area contributed by atoms with Crippen LogP contribution in [-0.4, -0.2) is 0 Å². The van der Waals surface area contributed by atoms with Crippen molar-refractivity contribution >= 4 is 0 Å². The topological polar surface area (TPSA) is 0 Å². The third-order valence-electron chi connectivity index (χ3n) is 3.57. The van der Waals surface area contributed by atoms with Crippen LogP contribution in [0, 0.1) is 13.8 Å². The van der Waals surface area contributed by atoms with Gasteiger partial charge in [-0.05, 0) is 24.5 Å². The molecule has 0 fully saturated rings. The Kier molecular flexibility index (Phi) is 3.33. The largest absolute Gasteiger partial charge is 0.0622 e. The molecular formula is C17H19. The van der Waals surface area contributed by atoms with Gasteiger partial charge in [-0.25, -0.2) is 0 Å². The summed E-state index contributed by atoms with van der Waals surface area (Å²) in [5.74, 6) is 0. The number of benzene rings is 2. The van der Waals surface area contributed by atoms with Crippen molar-refractivity contribution < 1.29 is 0 Å². The van der Waals surface area contributed by atoms with Crippen molar-refractivity contribution in [1.29, 1.82) is 0 Å². The molecule has 0 saturated carbocycles. The van der Waals surface area contributed by atoms with Gasteiger partial charge in [0.25, 0.3) is 0 Å². The minimum Gasteiger partial charge on any atom is -0.0622 e. The van der Waals surface area contributed by atoms with Gasteiger partial charge >= 0.3 is 0 Å². The van der Waals surface area contributed by atoms with E-state index in [0.717, 1.165) is 6.42 Å². The lowest BCUT2D eigenvalue weighted by atomic mass is 9.74. The van der Waals surface area contributed by atoms with E-state index in [1.165, 1.54) is 16.7 Å². The van der Waals surface area contributed by atoms with Crippen LogP contribution in [0.1, 0.15) is 30.0 Å². The van der Waals surface area contributed by atoms with Crippen LogP contribution in [0.3, 0.4) is 0 Å². The highest BCUT2D eigenvalue weighted by molar-refractivity contribution is 5.40. The fourth-order valence-corrected chi connectivity index (χ4v) is 2.25. The lowest BCUT2D eigenvalue weighted by Gasteiger charge is -2.30. The van der Waals surface area contributed by atoms with E-state index in [9.17, 15) is 0 Å². The Bertz CT molecular complexity index is 484. The van der Waals surface area contributed by atoms with Crippen molar-refractivity contribution in [2.75, 3.05) is 0 Å². The Balaban J connectivity index is 2.52. The van der Waals surface area contributed by atoms with Gasteiger partial charge in [-0.2, -0.15) is 0 Å². The van der Waals surface area contributed by atoms with E-state index in [1.807, 2.05) is 0 Å². The average molecular weight is 223 g/mol. The Morgan fingerprint density at radius 3 is 2.18 bits per heavy atom. The summed E-state index contributed by atoms with van der Waals surface area (Å²) < 4.78 is 0. The molecular weight excluding hydrogens is 204 g/mol. The first-order valence-electron chi connectivity index (χ1n) is 6.09. The zero-order chi connectivity index (χ0) is 12.3. The molecule has 0 bridgehead atoms. The van der Waals surface area contributed by atoms with Crippen LogP contribution in [0.5, 0.6) is 0 Å². The molecule has 1 atom stereocenters. The molecule has 0 spiro atoms. The molecule has 2 aromatic rings. The Morgan fingerprint density at radius 2 is 1.59 bits per heavy atom. The summed E-state index contributed by atoms with van der Waals surface area (Å²) in [5.41, 5.74) is 3.99. The van der Waals surface area contributed by atoms with Gasteiger partial charge < -0.3 is 0 Å². The van der Waals surface area contributed by atoms with Crippen molar-refractivity contribution in [1.82, 2.24) is 0 Å². The van der Waals surface area contributed by atoms with Crippen LogP contribution in [0.4, 0.5) is 0 Å². The molecule has 0 heteroatoms. The minimum absolute atomic E-state index is 0.00722. The van der Waals surface area contributed by atoms with Gasteiger partial charge in [0.2, 0.25) is 0 Å². The van der Waals surface area contributed by atoms with Crippen LogP contribution in [0.25, 0.3) is 0 Å². The molecule has 0 aliphatic rings.